The number of nitrogens with one attached hydrogen (secondary N) is 2. The molecule has 2 N–H and O–H groups in total. The molecule has 0 saturated heterocycles. The number of benzene rings is 2. The Morgan fingerprint density at radius 3 is 2.70 bits per heavy atom. The van der Waals surface area contributed by atoms with Crippen LogP contribution in [0, 0.1) is 0 Å². The first kappa shape index (κ1) is 22.5. The number of carbonyl (C=O) groups excluding carboxylic acids is 2. The second-order valence-electron chi connectivity index (χ2n) is 8.28. The summed E-state index contributed by atoms with van der Waals surface area (Å²) in [5.74, 6) is 0.0682. The van der Waals surface area contributed by atoms with E-state index in [9.17, 15) is 14.4 Å². The van der Waals surface area contributed by atoms with Crippen LogP contribution in [0.25, 0.3) is 10.8 Å². The Morgan fingerprint density at radius 2 is 1.94 bits per heavy atom. The van der Waals surface area contributed by atoms with E-state index >= 15 is 0 Å². The van der Waals surface area contributed by atoms with Gasteiger partial charge < -0.3 is 4.74 Å². The summed E-state index contributed by atoms with van der Waals surface area (Å²) in [5, 5.41) is 5.14. The molecular weight excluding hydrogens is 420 g/mol. The molecular formula is C25H28N4O4. The lowest BCUT2D eigenvalue weighted by Crippen LogP contribution is -2.43. The first-order valence-corrected chi connectivity index (χ1v) is 11.3. The van der Waals surface area contributed by atoms with Crippen LogP contribution in [-0.4, -0.2) is 28.7 Å². The Morgan fingerprint density at radius 1 is 1.15 bits per heavy atom. The van der Waals surface area contributed by atoms with Crippen molar-refractivity contribution >= 4 is 22.6 Å². The molecule has 8 nitrogen and oxygen atoms in total. The second-order valence-corrected chi connectivity index (χ2v) is 8.28. The first-order chi connectivity index (χ1) is 16.0. The summed E-state index contributed by atoms with van der Waals surface area (Å²) in [6, 6.07) is 12.8. The van der Waals surface area contributed by atoms with Gasteiger partial charge in [-0.05, 0) is 60.9 Å². The van der Waals surface area contributed by atoms with Crippen molar-refractivity contribution in [3.05, 3.63) is 69.6 Å². The zero-order chi connectivity index (χ0) is 23.4. The van der Waals surface area contributed by atoms with E-state index in [1.807, 2.05) is 25.1 Å². The standard InChI is InChI=1S/C25H28N4O4/c1-3-13-29-25(32)21-10-5-4-9-20(21)23(28-29)24(31)27-26-22(30)15-17-8-6-7-16-14-18(33-2)11-12-19(16)17/h4-5,9-12,14,17H,3,6-8,13,15H2,1-2H3,(H,26,30)(H,27,31). The van der Waals surface area contributed by atoms with Gasteiger partial charge in [-0.15, -0.1) is 0 Å². The fraction of sp³-hybridized carbons (Fsp3) is 0.360. The molecule has 3 aromatic rings. The summed E-state index contributed by atoms with van der Waals surface area (Å²) in [4.78, 5) is 38.1. The Labute approximate surface area is 191 Å². The summed E-state index contributed by atoms with van der Waals surface area (Å²) in [6.07, 6.45) is 3.85. The zero-order valence-corrected chi connectivity index (χ0v) is 18.9. The Hall–Kier alpha value is -3.68. The molecule has 0 bridgehead atoms. The largest absolute Gasteiger partial charge is 0.497 e. The molecule has 1 aliphatic rings. The summed E-state index contributed by atoms with van der Waals surface area (Å²) >= 11 is 0. The minimum atomic E-state index is -0.557. The minimum absolute atomic E-state index is 0.0852. The van der Waals surface area contributed by atoms with Crippen LogP contribution >= 0.6 is 0 Å². The van der Waals surface area contributed by atoms with E-state index in [-0.39, 0.29) is 29.5 Å². The van der Waals surface area contributed by atoms with Gasteiger partial charge in [0, 0.05) is 18.4 Å². The van der Waals surface area contributed by atoms with Crippen molar-refractivity contribution in [3.8, 4) is 5.75 Å². The summed E-state index contributed by atoms with van der Waals surface area (Å²) < 4.78 is 6.61. The molecule has 8 heteroatoms. The normalized spacial score (nSPS) is 15.0. The van der Waals surface area contributed by atoms with Crippen LogP contribution in [0.15, 0.2) is 47.3 Å². The van der Waals surface area contributed by atoms with Crippen molar-refractivity contribution in [2.45, 2.75) is 51.5 Å². The van der Waals surface area contributed by atoms with Gasteiger partial charge in [0.1, 0.15) is 5.75 Å². The molecule has 33 heavy (non-hydrogen) atoms. The molecule has 4 rings (SSSR count). The zero-order valence-electron chi connectivity index (χ0n) is 18.9. The van der Waals surface area contributed by atoms with Crippen LogP contribution in [0.1, 0.15) is 60.1 Å². The topological polar surface area (TPSA) is 102 Å². The van der Waals surface area contributed by atoms with Gasteiger partial charge in [-0.25, -0.2) is 4.68 Å². The Bertz CT molecular complexity index is 1250. The van der Waals surface area contributed by atoms with Gasteiger partial charge >= 0.3 is 0 Å². The third kappa shape index (κ3) is 4.74. The first-order valence-electron chi connectivity index (χ1n) is 11.3. The van der Waals surface area contributed by atoms with Crippen molar-refractivity contribution in [2.24, 2.45) is 0 Å². The number of nitrogens with zero attached hydrogens (tertiary/aromatic N) is 2. The molecule has 0 aliphatic heterocycles. The van der Waals surface area contributed by atoms with Crippen LogP contribution in [-0.2, 0) is 17.8 Å². The highest BCUT2D eigenvalue weighted by atomic mass is 16.5. The van der Waals surface area contributed by atoms with Crippen molar-refractivity contribution in [1.29, 1.82) is 0 Å². The molecule has 0 fully saturated rings. The molecule has 1 atom stereocenters. The highest BCUT2D eigenvalue weighted by molar-refractivity contribution is 6.05. The molecule has 2 amide bonds. The average molecular weight is 449 g/mol. The number of hydrogen-bond donors (Lipinski definition) is 2. The molecule has 172 valence electrons. The molecule has 0 radical (unpaired) electrons. The maximum atomic E-state index is 12.9. The fourth-order valence-corrected chi connectivity index (χ4v) is 4.46. The van der Waals surface area contributed by atoms with Gasteiger partial charge in [0.2, 0.25) is 5.91 Å². The van der Waals surface area contributed by atoms with Gasteiger partial charge in [0.05, 0.1) is 12.5 Å². The number of hydrogen-bond acceptors (Lipinski definition) is 5. The molecule has 1 unspecified atom stereocenters. The fourth-order valence-electron chi connectivity index (χ4n) is 4.46. The van der Waals surface area contributed by atoms with Crippen LogP contribution in [0.2, 0.25) is 0 Å². The number of carbonyl (C=O) groups is 2. The summed E-state index contributed by atoms with van der Waals surface area (Å²) in [7, 11) is 1.64. The number of rotatable bonds is 6. The SMILES string of the molecule is CCCn1nc(C(=O)NNC(=O)CC2CCCc3cc(OC)ccc32)c2ccccc2c1=O. The highest BCUT2D eigenvalue weighted by Gasteiger charge is 2.24. The van der Waals surface area contributed by atoms with E-state index in [0.29, 0.717) is 23.7 Å². The smallest absolute Gasteiger partial charge is 0.290 e. The molecule has 1 heterocycles. The highest BCUT2D eigenvalue weighted by Crippen LogP contribution is 2.35. The summed E-state index contributed by atoms with van der Waals surface area (Å²) in [6.45, 7) is 2.34. The lowest BCUT2D eigenvalue weighted by atomic mass is 9.81. The Kier molecular flexibility index (Phi) is 6.72. The predicted octanol–water partition coefficient (Wildman–Crippen LogP) is 3.09. The van der Waals surface area contributed by atoms with Crippen molar-refractivity contribution in [1.82, 2.24) is 20.6 Å². The maximum Gasteiger partial charge on any atom is 0.290 e. The van der Waals surface area contributed by atoms with Crippen LogP contribution in [0.4, 0.5) is 0 Å². The molecule has 2 aromatic carbocycles. The summed E-state index contributed by atoms with van der Waals surface area (Å²) in [5.41, 5.74) is 7.23. The molecule has 0 saturated carbocycles. The third-order valence-corrected chi connectivity index (χ3v) is 6.05. The van der Waals surface area contributed by atoms with Crippen LogP contribution in [0.3, 0.4) is 0 Å². The third-order valence-electron chi connectivity index (χ3n) is 6.05. The molecule has 1 aliphatic carbocycles. The van der Waals surface area contributed by atoms with E-state index in [2.05, 4.69) is 16.0 Å². The number of methoxy groups -OCH3 is 1. The lowest BCUT2D eigenvalue weighted by molar-refractivity contribution is -0.122. The van der Waals surface area contributed by atoms with E-state index in [4.69, 9.17) is 4.74 Å². The molecule has 0 spiro atoms. The number of aryl methyl sites for hydroxylation is 2. The number of ether oxygens (including phenoxy) is 1. The van der Waals surface area contributed by atoms with E-state index in [0.717, 1.165) is 30.6 Å². The van der Waals surface area contributed by atoms with Gasteiger partial charge in [0.15, 0.2) is 5.69 Å². The predicted molar refractivity (Wildman–Crippen MR) is 125 cm³/mol. The maximum absolute atomic E-state index is 12.9. The van der Waals surface area contributed by atoms with Crippen molar-refractivity contribution in [3.63, 3.8) is 0 Å². The second kappa shape index (κ2) is 9.85. The van der Waals surface area contributed by atoms with E-state index < -0.39 is 5.91 Å². The quantitative estimate of drug-likeness (QED) is 0.564. The Balaban J connectivity index is 1.47. The van der Waals surface area contributed by atoms with E-state index in [1.54, 1.807) is 31.4 Å². The van der Waals surface area contributed by atoms with Gasteiger partial charge in [-0.2, -0.15) is 5.10 Å². The minimum Gasteiger partial charge on any atom is -0.497 e. The number of fused-ring (bicyclic) bond motifs is 2. The van der Waals surface area contributed by atoms with Crippen LogP contribution in [0.5, 0.6) is 5.75 Å². The monoisotopic (exact) mass is 448 g/mol. The van der Waals surface area contributed by atoms with E-state index in [1.165, 1.54) is 10.2 Å². The number of hydrazine groups is 1. The van der Waals surface area contributed by atoms with Gasteiger partial charge in [-0.3, -0.25) is 25.2 Å². The lowest BCUT2D eigenvalue weighted by Gasteiger charge is -2.25. The average Bonchev–Trinajstić information content (AvgIpc) is 2.84. The number of amides is 2. The van der Waals surface area contributed by atoms with Gasteiger partial charge in [0.25, 0.3) is 11.5 Å². The number of aromatic nitrogens is 2. The van der Waals surface area contributed by atoms with Crippen molar-refractivity contribution < 1.29 is 14.3 Å². The molecule has 1 aromatic heterocycles. The van der Waals surface area contributed by atoms with Crippen molar-refractivity contribution in [2.75, 3.05) is 7.11 Å². The van der Waals surface area contributed by atoms with Gasteiger partial charge in [-0.1, -0.05) is 31.2 Å². The van der Waals surface area contributed by atoms with Crippen LogP contribution < -0.4 is 21.1 Å².